The summed E-state index contributed by atoms with van der Waals surface area (Å²) in [5.74, 6) is -0.552. The van der Waals surface area contributed by atoms with Gasteiger partial charge in [0.2, 0.25) is 5.82 Å². The van der Waals surface area contributed by atoms with Crippen LogP contribution in [0, 0.1) is 5.41 Å². The lowest BCUT2D eigenvalue weighted by atomic mass is 9.86. The number of aromatic nitrogens is 6. The molecule has 2 saturated heterocycles. The van der Waals surface area contributed by atoms with Gasteiger partial charge in [-0.3, -0.25) is 0 Å². The van der Waals surface area contributed by atoms with E-state index < -0.39 is 25.0 Å². The number of nitrogens with zero attached hydrogens (tertiary/aromatic N) is 8. The molecule has 5 heterocycles. The highest BCUT2D eigenvalue weighted by Crippen LogP contribution is 2.42. The second kappa shape index (κ2) is 7.48. The Labute approximate surface area is 179 Å². The monoisotopic (exact) mass is 454 g/mol. The van der Waals surface area contributed by atoms with Gasteiger partial charge in [-0.1, -0.05) is 0 Å². The molecule has 1 unspecified atom stereocenters. The van der Waals surface area contributed by atoms with Crippen LogP contribution in [0.15, 0.2) is 24.8 Å². The summed E-state index contributed by atoms with van der Waals surface area (Å²) in [4.78, 5) is 19.8. The Morgan fingerprint density at radius 2 is 1.62 bits per heavy atom. The van der Waals surface area contributed by atoms with Gasteiger partial charge in [-0.05, 0) is 12.8 Å². The van der Waals surface area contributed by atoms with E-state index in [1.165, 1.54) is 18.6 Å². The summed E-state index contributed by atoms with van der Waals surface area (Å²) < 4.78 is 64.9. The van der Waals surface area contributed by atoms with Crippen molar-refractivity contribution in [1.82, 2.24) is 29.7 Å². The predicted octanol–water partition coefficient (Wildman–Crippen LogP) is 3.01. The lowest BCUT2D eigenvalue weighted by Gasteiger charge is -2.25. The standard InChI is InChI=1S/C19H19F5N8/c20-14(21)9-32-16-13(7-28-32)25-8-15(29-16)31-4-2-18(11-31)1-3-30(10-18)12-5-26-17(27-6-12)19(22,23)24/h5-8,14H,1-4,9-11H2. The summed E-state index contributed by atoms with van der Waals surface area (Å²) in [6.07, 6.45) is 0.0921. The molecule has 1 spiro atoms. The summed E-state index contributed by atoms with van der Waals surface area (Å²) in [6.45, 7) is 2.22. The second-order valence-corrected chi connectivity index (χ2v) is 8.26. The minimum Gasteiger partial charge on any atom is -0.368 e. The van der Waals surface area contributed by atoms with Gasteiger partial charge in [-0.25, -0.2) is 33.4 Å². The van der Waals surface area contributed by atoms with Gasteiger partial charge in [-0.2, -0.15) is 18.3 Å². The first-order valence-corrected chi connectivity index (χ1v) is 10.1. The van der Waals surface area contributed by atoms with Crippen molar-refractivity contribution in [1.29, 1.82) is 0 Å². The van der Waals surface area contributed by atoms with Crippen molar-refractivity contribution in [2.45, 2.75) is 32.0 Å². The van der Waals surface area contributed by atoms with Gasteiger partial charge in [0.05, 0.1) is 30.5 Å². The third kappa shape index (κ3) is 3.79. The molecule has 0 aliphatic carbocycles. The molecule has 0 radical (unpaired) electrons. The van der Waals surface area contributed by atoms with Crippen LogP contribution in [0.2, 0.25) is 0 Å². The molecule has 0 amide bonds. The summed E-state index contributed by atoms with van der Waals surface area (Å²) in [5.41, 5.74) is 1.28. The molecule has 5 rings (SSSR count). The van der Waals surface area contributed by atoms with Gasteiger partial charge in [-0.15, -0.1) is 0 Å². The fraction of sp³-hybridized carbons (Fsp3) is 0.526. The topological polar surface area (TPSA) is 75.9 Å². The van der Waals surface area contributed by atoms with Gasteiger partial charge in [0.25, 0.3) is 6.43 Å². The third-order valence-electron chi connectivity index (χ3n) is 6.10. The maximum Gasteiger partial charge on any atom is 0.451 e. The highest BCUT2D eigenvalue weighted by Gasteiger charge is 2.44. The van der Waals surface area contributed by atoms with Crippen molar-refractivity contribution in [3.05, 3.63) is 30.6 Å². The highest BCUT2D eigenvalue weighted by atomic mass is 19.4. The number of anilines is 2. The van der Waals surface area contributed by atoms with E-state index >= 15 is 0 Å². The van der Waals surface area contributed by atoms with Crippen LogP contribution >= 0.6 is 0 Å². The number of halogens is 5. The van der Waals surface area contributed by atoms with Crippen molar-refractivity contribution >= 4 is 22.7 Å². The minimum atomic E-state index is -4.57. The average molecular weight is 454 g/mol. The Morgan fingerprint density at radius 3 is 2.31 bits per heavy atom. The van der Waals surface area contributed by atoms with Gasteiger partial charge >= 0.3 is 6.18 Å². The zero-order chi connectivity index (χ0) is 22.5. The van der Waals surface area contributed by atoms with Crippen LogP contribution < -0.4 is 9.80 Å². The molecule has 2 aliphatic heterocycles. The molecule has 1 atom stereocenters. The van der Waals surface area contributed by atoms with Crippen molar-refractivity contribution in [3.8, 4) is 0 Å². The summed E-state index contributed by atoms with van der Waals surface area (Å²) in [7, 11) is 0. The first-order chi connectivity index (χ1) is 15.2. The molecule has 13 heteroatoms. The molecule has 3 aromatic heterocycles. The molecule has 0 aromatic carbocycles. The van der Waals surface area contributed by atoms with Crippen LogP contribution in [0.1, 0.15) is 18.7 Å². The Kier molecular flexibility index (Phi) is 4.86. The van der Waals surface area contributed by atoms with E-state index in [4.69, 9.17) is 0 Å². The van der Waals surface area contributed by atoms with Crippen molar-refractivity contribution in [2.24, 2.45) is 5.41 Å². The predicted molar refractivity (Wildman–Crippen MR) is 104 cm³/mol. The van der Waals surface area contributed by atoms with E-state index in [-0.39, 0.29) is 5.41 Å². The highest BCUT2D eigenvalue weighted by molar-refractivity contribution is 5.71. The van der Waals surface area contributed by atoms with Gasteiger partial charge in [0.1, 0.15) is 17.9 Å². The summed E-state index contributed by atoms with van der Waals surface area (Å²) in [6, 6.07) is 0. The number of alkyl halides is 5. The first kappa shape index (κ1) is 20.8. The van der Waals surface area contributed by atoms with Crippen LogP contribution in [-0.2, 0) is 12.7 Å². The quantitative estimate of drug-likeness (QED) is 0.561. The fourth-order valence-electron chi connectivity index (χ4n) is 4.51. The number of hydrogen-bond donors (Lipinski definition) is 0. The SMILES string of the molecule is FC(F)Cn1ncc2ncc(N3CCC4(CCN(c5cnc(C(F)(F)F)nc5)C4)C3)nc21. The van der Waals surface area contributed by atoms with Crippen LogP contribution in [0.4, 0.5) is 33.5 Å². The maximum atomic E-state index is 12.8. The molecule has 32 heavy (non-hydrogen) atoms. The molecule has 8 nitrogen and oxygen atoms in total. The zero-order valence-electron chi connectivity index (χ0n) is 16.8. The Morgan fingerprint density at radius 1 is 0.938 bits per heavy atom. The normalized spacial score (nSPS) is 21.6. The Bertz CT molecular complexity index is 1120. The van der Waals surface area contributed by atoms with Crippen LogP contribution in [-0.4, -0.2) is 62.3 Å². The van der Waals surface area contributed by atoms with Gasteiger partial charge in [0, 0.05) is 31.6 Å². The molecular formula is C19H19F5N8. The molecule has 3 aromatic rings. The second-order valence-electron chi connectivity index (χ2n) is 8.26. The first-order valence-electron chi connectivity index (χ1n) is 10.1. The molecule has 170 valence electrons. The minimum absolute atomic E-state index is 0.0530. The number of fused-ring (bicyclic) bond motifs is 1. The third-order valence-corrected chi connectivity index (χ3v) is 6.10. The summed E-state index contributed by atoms with van der Waals surface area (Å²) >= 11 is 0. The van der Waals surface area contributed by atoms with E-state index in [9.17, 15) is 22.0 Å². The smallest absolute Gasteiger partial charge is 0.368 e. The van der Waals surface area contributed by atoms with Crippen molar-refractivity contribution < 1.29 is 22.0 Å². The van der Waals surface area contributed by atoms with Gasteiger partial charge < -0.3 is 9.80 Å². The zero-order valence-corrected chi connectivity index (χ0v) is 16.8. The average Bonchev–Trinajstić information content (AvgIpc) is 3.47. The molecule has 2 aliphatic rings. The van der Waals surface area contributed by atoms with Crippen molar-refractivity contribution in [3.63, 3.8) is 0 Å². The molecule has 0 bridgehead atoms. The van der Waals surface area contributed by atoms with E-state index in [1.807, 2.05) is 4.90 Å². The van der Waals surface area contributed by atoms with E-state index in [2.05, 4.69) is 29.9 Å². The number of rotatable bonds is 4. The van der Waals surface area contributed by atoms with Crippen LogP contribution in [0.5, 0.6) is 0 Å². The van der Waals surface area contributed by atoms with Crippen LogP contribution in [0.25, 0.3) is 11.2 Å². The van der Waals surface area contributed by atoms with Gasteiger partial charge in [0.15, 0.2) is 5.65 Å². The Hall–Kier alpha value is -3.12. The van der Waals surface area contributed by atoms with Crippen LogP contribution in [0.3, 0.4) is 0 Å². The van der Waals surface area contributed by atoms with E-state index in [1.54, 1.807) is 6.20 Å². The molecular weight excluding hydrogens is 435 g/mol. The van der Waals surface area contributed by atoms with E-state index in [0.29, 0.717) is 42.3 Å². The molecule has 2 fully saturated rings. The maximum absolute atomic E-state index is 12.8. The largest absolute Gasteiger partial charge is 0.451 e. The van der Waals surface area contributed by atoms with E-state index in [0.717, 1.165) is 24.1 Å². The summed E-state index contributed by atoms with van der Waals surface area (Å²) in [5, 5.41) is 3.94. The lowest BCUT2D eigenvalue weighted by Crippen LogP contribution is -2.31. The molecule has 0 saturated carbocycles. The lowest BCUT2D eigenvalue weighted by molar-refractivity contribution is -0.144. The molecule has 0 N–H and O–H groups in total. The van der Waals surface area contributed by atoms with Crippen molar-refractivity contribution in [2.75, 3.05) is 36.0 Å². The number of hydrogen-bond acceptors (Lipinski definition) is 7. The Balaban J connectivity index is 1.30. The fourth-order valence-corrected chi connectivity index (χ4v) is 4.51.